The Morgan fingerprint density at radius 3 is 1.86 bits per heavy atom. The zero-order chi connectivity index (χ0) is 15.6. The molecule has 0 bridgehead atoms. The molecule has 0 aliphatic carbocycles. The Balaban J connectivity index is 2.08. The highest BCUT2D eigenvalue weighted by Crippen LogP contribution is 2.41. The van der Waals surface area contributed by atoms with Gasteiger partial charge >= 0.3 is 0 Å². The zero-order valence-electron chi connectivity index (χ0n) is 13.6. The van der Waals surface area contributed by atoms with Crippen molar-refractivity contribution in [3.05, 3.63) is 71.8 Å². The van der Waals surface area contributed by atoms with Gasteiger partial charge in [-0.1, -0.05) is 60.7 Å². The third kappa shape index (κ3) is 2.81. The molecule has 2 heteroatoms. The number of nitrogens with zero attached hydrogens (tertiary/aromatic N) is 1. The Morgan fingerprint density at radius 1 is 0.909 bits per heavy atom. The van der Waals surface area contributed by atoms with Crippen LogP contribution in [0.2, 0.25) is 0 Å². The third-order valence-electron chi connectivity index (χ3n) is 5.05. The van der Waals surface area contributed by atoms with Gasteiger partial charge in [0.15, 0.2) is 0 Å². The normalized spacial score (nSPS) is 21.5. The highest BCUT2D eigenvalue weighted by atomic mass is 16.3. The largest absolute Gasteiger partial charge is 0.380 e. The first kappa shape index (κ1) is 15.3. The lowest BCUT2D eigenvalue weighted by Crippen LogP contribution is -2.53. The topological polar surface area (TPSA) is 20.2 Å². The van der Waals surface area contributed by atoms with Crippen LogP contribution in [-0.4, -0.2) is 36.8 Å². The van der Waals surface area contributed by atoms with Crippen molar-refractivity contribution in [2.24, 2.45) is 5.92 Å². The van der Waals surface area contributed by atoms with Crippen LogP contribution in [0, 0.1) is 5.92 Å². The maximum absolute atomic E-state index is 11.8. The van der Waals surface area contributed by atoms with Crippen LogP contribution < -0.4 is 0 Å². The van der Waals surface area contributed by atoms with E-state index in [4.69, 9.17) is 0 Å². The fourth-order valence-electron chi connectivity index (χ4n) is 3.91. The Labute approximate surface area is 133 Å². The van der Waals surface area contributed by atoms with Gasteiger partial charge in [-0.05, 0) is 24.0 Å². The van der Waals surface area contributed by atoms with Gasteiger partial charge < -0.3 is 9.59 Å². The predicted octanol–water partition coefficient (Wildman–Crippen LogP) is 3.41. The van der Waals surface area contributed by atoms with Gasteiger partial charge in [0.05, 0.1) is 27.2 Å². The van der Waals surface area contributed by atoms with Gasteiger partial charge in [-0.2, -0.15) is 0 Å². The monoisotopic (exact) mass is 296 g/mol. The maximum Gasteiger partial charge on any atom is 0.123 e. The average molecular weight is 296 g/mol. The molecule has 1 aliphatic rings. The van der Waals surface area contributed by atoms with Crippen LogP contribution in [0.15, 0.2) is 60.7 Å². The first-order valence-corrected chi connectivity index (χ1v) is 8.18. The molecule has 0 radical (unpaired) electrons. The summed E-state index contributed by atoms with van der Waals surface area (Å²) < 4.78 is 0.979. The van der Waals surface area contributed by atoms with E-state index in [-0.39, 0.29) is 5.92 Å². The van der Waals surface area contributed by atoms with Crippen LogP contribution in [0.5, 0.6) is 0 Å². The van der Waals surface area contributed by atoms with Gasteiger partial charge in [0.2, 0.25) is 0 Å². The van der Waals surface area contributed by atoms with Crippen LogP contribution >= 0.6 is 0 Å². The molecule has 0 amide bonds. The van der Waals surface area contributed by atoms with Gasteiger partial charge in [0, 0.05) is 5.92 Å². The van der Waals surface area contributed by atoms with E-state index in [1.165, 1.54) is 13.0 Å². The summed E-state index contributed by atoms with van der Waals surface area (Å²) in [4.78, 5) is 0. The number of rotatable bonds is 3. The first-order chi connectivity index (χ1) is 10.5. The molecule has 116 valence electrons. The smallest absolute Gasteiger partial charge is 0.123 e. The highest BCUT2D eigenvalue weighted by molar-refractivity contribution is 5.37. The molecule has 1 aliphatic heterocycles. The van der Waals surface area contributed by atoms with Gasteiger partial charge in [-0.25, -0.2) is 0 Å². The zero-order valence-corrected chi connectivity index (χ0v) is 13.6. The van der Waals surface area contributed by atoms with Crippen LogP contribution in [0.25, 0.3) is 0 Å². The summed E-state index contributed by atoms with van der Waals surface area (Å²) >= 11 is 0. The van der Waals surface area contributed by atoms with Gasteiger partial charge in [0.25, 0.3) is 0 Å². The second kappa shape index (κ2) is 5.86. The van der Waals surface area contributed by atoms with E-state index in [0.717, 1.165) is 28.6 Å². The molecule has 1 atom stereocenters. The van der Waals surface area contributed by atoms with E-state index in [1.807, 2.05) is 36.4 Å². The number of likely N-dealkylation sites (tertiary alicyclic amines) is 1. The number of hydrogen-bond acceptors (Lipinski definition) is 1. The lowest BCUT2D eigenvalue weighted by Gasteiger charge is -2.45. The molecular formula is C20H26NO+. The maximum atomic E-state index is 11.8. The first-order valence-electron chi connectivity index (χ1n) is 8.18. The third-order valence-corrected chi connectivity index (χ3v) is 5.05. The number of benzene rings is 2. The van der Waals surface area contributed by atoms with Gasteiger partial charge in [0.1, 0.15) is 5.60 Å². The van der Waals surface area contributed by atoms with Crippen LogP contribution in [0.4, 0.5) is 0 Å². The molecule has 0 saturated carbocycles. The second-order valence-corrected chi connectivity index (χ2v) is 7.18. The van der Waals surface area contributed by atoms with Crippen molar-refractivity contribution in [1.29, 1.82) is 0 Å². The van der Waals surface area contributed by atoms with Crippen LogP contribution in [0.3, 0.4) is 0 Å². The van der Waals surface area contributed by atoms with Crippen molar-refractivity contribution in [1.82, 2.24) is 0 Å². The molecule has 3 rings (SSSR count). The van der Waals surface area contributed by atoms with Gasteiger partial charge in [-0.3, -0.25) is 0 Å². The van der Waals surface area contributed by atoms with Crippen molar-refractivity contribution in [3.8, 4) is 0 Å². The molecule has 22 heavy (non-hydrogen) atoms. The van der Waals surface area contributed by atoms with E-state index < -0.39 is 5.60 Å². The van der Waals surface area contributed by atoms with Crippen LogP contribution in [0.1, 0.15) is 24.0 Å². The number of aliphatic hydroxyl groups is 1. The Morgan fingerprint density at radius 2 is 1.41 bits per heavy atom. The van der Waals surface area contributed by atoms with Crippen molar-refractivity contribution < 1.29 is 9.59 Å². The number of piperidine rings is 1. The standard InChI is InChI=1S/C20H26NO/c1-21(2)15-9-14-19(16-21)20(22,17-10-5-3-6-11-17)18-12-7-4-8-13-18/h3-8,10-13,19,22H,9,14-16H2,1-2H3/q+1/t19-/m1/s1. The SMILES string of the molecule is C[N+]1(C)CCC[C@@H](C(O)(c2ccccc2)c2ccccc2)C1. The fraction of sp³-hybridized carbons (Fsp3) is 0.400. The van der Waals surface area contributed by atoms with E-state index in [9.17, 15) is 5.11 Å². The van der Waals surface area contributed by atoms with Crippen molar-refractivity contribution >= 4 is 0 Å². The van der Waals surface area contributed by atoms with Crippen molar-refractivity contribution in [2.45, 2.75) is 18.4 Å². The molecule has 0 aromatic heterocycles. The van der Waals surface area contributed by atoms with Crippen molar-refractivity contribution in [3.63, 3.8) is 0 Å². The van der Waals surface area contributed by atoms with E-state index >= 15 is 0 Å². The average Bonchev–Trinajstić information content (AvgIpc) is 2.55. The number of quaternary nitrogens is 1. The number of hydrogen-bond donors (Lipinski definition) is 1. The summed E-state index contributed by atoms with van der Waals surface area (Å²) in [6, 6.07) is 20.3. The molecule has 0 unspecified atom stereocenters. The summed E-state index contributed by atoms with van der Waals surface area (Å²) in [5.74, 6) is 0.237. The Kier molecular flexibility index (Phi) is 4.07. The van der Waals surface area contributed by atoms with E-state index in [1.54, 1.807) is 0 Å². The fourth-order valence-corrected chi connectivity index (χ4v) is 3.91. The highest BCUT2D eigenvalue weighted by Gasteiger charge is 2.45. The molecule has 2 aromatic carbocycles. The summed E-state index contributed by atoms with van der Waals surface area (Å²) in [6.45, 7) is 2.19. The molecule has 1 saturated heterocycles. The molecule has 1 fully saturated rings. The molecule has 2 nitrogen and oxygen atoms in total. The van der Waals surface area contributed by atoms with Crippen LogP contribution in [-0.2, 0) is 5.60 Å². The minimum Gasteiger partial charge on any atom is -0.380 e. The Hall–Kier alpha value is -1.64. The second-order valence-electron chi connectivity index (χ2n) is 7.18. The molecule has 1 heterocycles. The molecule has 0 spiro atoms. The van der Waals surface area contributed by atoms with Gasteiger partial charge in [-0.15, -0.1) is 0 Å². The Bertz CT molecular complexity index is 567. The lowest BCUT2D eigenvalue weighted by molar-refractivity contribution is -0.899. The molecular weight excluding hydrogens is 270 g/mol. The van der Waals surface area contributed by atoms with E-state index in [0.29, 0.717) is 0 Å². The molecule has 1 N–H and O–H groups in total. The molecule has 2 aromatic rings. The summed E-state index contributed by atoms with van der Waals surface area (Å²) in [7, 11) is 4.53. The van der Waals surface area contributed by atoms with E-state index in [2.05, 4.69) is 38.4 Å². The minimum absolute atomic E-state index is 0.237. The predicted molar refractivity (Wildman–Crippen MR) is 90.4 cm³/mol. The van der Waals surface area contributed by atoms with Crippen molar-refractivity contribution in [2.75, 3.05) is 27.2 Å². The lowest BCUT2D eigenvalue weighted by atomic mass is 9.72. The minimum atomic E-state index is -0.904. The summed E-state index contributed by atoms with van der Waals surface area (Å²) in [5, 5.41) is 11.8. The quantitative estimate of drug-likeness (QED) is 0.861. The summed E-state index contributed by atoms with van der Waals surface area (Å²) in [6.07, 6.45) is 2.24. The summed E-state index contributed by atoms with van der Waals surface area (Å²) in [5.41, 5.74) is 1.11.